The summed E-state index contributed by atoms with van der Waals surface area (Å²) in [6.45, 7) is 1.95. The van der Waals surface area contributed by atoms with Crippen LogP contribution in [0.4, 0.5) is 5.69 Å². The van der Waals surface area contributed by atoms with Crippen LogP contribution in [0.25, 0.3) is 11.1 Å². The quantitative estimate of drug-likeness (QED) is 0.879. The van der Waals surface area contributed by atoms with Gasteiger partial charge in [-0.15, -0.1) is 0 Å². The van der Waals surface area contributed by atoms with Gasteiger partial charge in [0, 0.05) is 24.7 Å². The molecule has 3 rings (SSSR count). The fourth-order valence-electron chi connectivity index (χ4n) is 1.98. The Kier molecular flexibility index (Phi) is 2.96. The number of anilines is 1. The van der Waals surface area contributed by atoms with Crippen LogP contribution in [0, 0.1) is 0 Å². The zero-order chi connectivity index (χ0) is 12.5. The molecule has 0 spiro atoms. The van der Waals surface area contributed by atoms with Crippen molar-refractivity contribution in [2.75, 3.05) is 32.5 Å². The third kappa shape index (κ3) is 2.48. The molecule has 96 valence electrons. The molecule has 1 fully saturated rings. The van der Waals surface area contributed by atoms with Gasteiger partial charge < -0.3 is 14.6 Å². The summed E-state index contributed by atoms with van der Waals surface area (Å²) in [5, 5.41) is 3.40. The van der Waals surface area contributed by atoms with Crippen LogP contribution in [0.15, 0.2) is 22.6 Å². The van der Waals surface area contributed by atoms with E-state index in [4.69, 9.17) is 4.42 Å². The third-order valence-corrected chi connectivity index (χ3v) is 3.22. The maximum atomic E-state index is 5.74. The SMILES string of the molecule is CN(C)CCNc1ccc2oc(C3CC3)nc2c1. The van der Waals surface area contributed by atoms with Gasteiger partial charge >= 0.3 is 0 Å². The Morgan fingerprint density at radius 1 is 1.39 bits per heavy atom. The number of fused-ring (bicyclic) bond motifs is 1. The number of nitrogens with zero attached hydrogens (tertiary/aromatic N) is 2. The number of oxazole rings is 1. The van der Waals surface area contributed by atoms with Gasteiger partial charge in [-0.05, 0) is 45.1 Å². The second-order valence-electron chi connectivity index (χ2n) is 5.24. The van der Waals surface area contributed by atoms with Crippen molar-refractivity contribution in [3.05, 3.63) is 24.1 Å². The van der Waals surface area contributed by atoms with Crippen molar-refractivity contribution in [1.82, 2.24) is 9.88 Å². The molecule has 0 amide bonds. The number of rotatable bonds is 5. The molecule has 2 aromatic rings. The van der Waals surface area contributed by atoms with Gasteiger partial charge in [0.2, 0.25) is 0 Å². The standard InChI is InChI=1S/C14H19N3O/c1-17(2)8-7-15-11-5-6-13-12(9-11)16-14(18-13)10-3-4-10/h5-6,9-10,15H,3-4,7-8H2,1-2H3. The molecule has 1 N–H and O–H groups in total. The monoisotopic (exact) mass is 245 g/mol. The number of nitrogens with one attached hydrogen (secondary N) is 1. The first kappa shape index (κ1) is 11.5. The molecule has 1 aliphatic carbocycles. The number of benzene rings is 1. The fraction of sp³-hybridized carbons (Fsp3) is 0.500. The largest absolute Gasteiger partial charge is 0.440 e. The topological polar surface area (TPSA) is 41.3 Å². The van der Waals surface area contributed by atoms with Crippen LogP contribution >= 0.6 is 0 Å². The predicted molar refractivity (Wildman–Crippen MR) is 73.0 cm³/mol. The maximum absolute atomic E-state index is 5.74. The molecular weight excluding hydrogens is 226 g/mol. The Morgan fingerprint density at radius 3 is 2.94 bits per heavy atom. The van der Waals surface area contributed by atoms with Crippen molar-refractivity contribution in [2.24, 2.45) is 0 Å². The Labute approximate surface area is 107 Å². The van der Waals surface area contributed by atoms with Crippen LogP contribution < -0.4 is 5.32 Å². The molecular formula is C14H19N3O. The van der Waals surface area contributed by atoms with E-state index in [2.05, 4.69) is 41.4 Å². The van der Waals surface area contributed by atoms with E-state index < -0.39 is 0 Å². The molecule has 0 aliphatic heterocycles. The Hall–Kier alpha value is -1.55. The minimum atomic E-state index is 0.572. The molecule has 18 heavy (non-hydrogen) atoms. The molecule has 0 saturated heterocycles. The van der Waals surface area contributed by atoms with Crippen molar-refractivity contribution >= 4 is 16.8 Å². The molecule has 0 radical (unpaired) electrons. The minimum absolute atomic E-state index is 0.572. The number of aromatic nitrogens is 1. The lowest BCUT2D eigenvalue weighted by molar-refractivity contribution is 0.425. The minimum Gasteiger partial charge on any atom is -0.440 e. The van der Waals surface area contributed by atoms with Gasteiger partial charge in [0.1, 0.15) is 5.52 Å². The van der Waals surface area contributed by atoms with Gasteiger partial charge in [-0.3, -0.25) is 0 Å². The summed E-state index contributed by atoms with van der Waals surface area (Å²) in [6.07, 6.45) is 2.45. The van der Waals surface area contributed by atoms with Gasteiger partial charge in [0.25, 0.3) is 0 Å². The van der Waals surface area contributed by atoms with Gasteiger partial charge in [0.15, 0.2) is 11.5 Å². The summed E-state index contributed by atoms with van der Waals surface area (Å²) < 4.78 is 5.74. The van der Waals surface area contributed by atoms with Gasteiger partial charge in [-0.2, -0.15) is 0 Å². The van der Waals surface area contributed by atoms with Crippen molar-refractivity contribution in [2.45, 2.75) is 18.8 Å². The Bertz CT molecular complexity index is 543. The van der Waals surface area contributed by atoms with Gasteiger partial charge in [-0.25, -0.2) is 4.98 Å². The van der Waals surface area contributed by atoms with Crippen LogP contribution in [0.3, 0.4) is 0 Å². The maximum Gasteiger partial charge on any atom is 0.198 e. The summed E-state index contributed by atoms with van der Waals surface area (Å²) in [5.41, 5.74) is 2.97. The third-order valence-electron chi connectivity index (χ3n) is 3.22. The summed E-state index contributed by atoms with van der Waals surface area (Å²) in [7, 11) is 4.15. The second kappa shape index (κ2) is 4.61. The van der Waals surface area contributed by atoms with Crippen molar-refractivity contribution in [3.63, 3.8) is 0 Å². The molecule has 4 heteroatoms. The molecule has 1 saturated carbocycles. The lowest BCUT2D eigenvalue weighted by Gasteiger charge is -2.10. The summed E-state index contributed by atoms with van der Waals surface area (Å²) in [5.74, 6) is 1.48. The van der Waals surface area contributed by atoms with E-state index >= 15 is 0 Å². The lowest BCUT2D eigenvalue weighted by Crippen LogP contribution is -2.20. The van der Waals surface area contributed by atoms with Crippen molar-refractivity contribution in [1.29, 1.82) is 0 Å². The molecule has 1 aromatic carbocycles. The van der Waals surface area contributed by atoms with Crippen LogP contribution in [-0.4, -0.2) is 37.1 Å². The number of hydrogen-bond acceptors (Lipinski definition) is 4. The predicted octanol–water partition coefficient (Wildman–Crippen LogP) is 2.68. The summed E-state index contributed by atoms with van der Waals surface area (Å²) in [6, 6.07) is 6.13. The van der Waals surface area contributed by atoms with E-state index in [0.29, 0.717) is 5.92 Å². The molecule has 4 nitrogen and oxygen atoms in total. The number of likely N-dealkylation sites (N-methyl/N-ethyl adjacent to an activating group) is 1. The summed E-state index contributed by atoms with van der Waals surface area (Å²) in [4.78, 5) is 6.72. The first-order valence-corrected chi connectivity index (χ1v) is 6.51. The van der Waals surface area contributed by atoms with E-state index in [9.17, 15) is 0 Å². The Morgan fingerprint density at radius 2 is 2.22 bits per heavy atom. The Balaban J connectivity index is 1.73. The number of hydrogen-bond donors (Lipinski definition) is 1. The van der Waals surface area contributed by atoms with E-state index in [1.165, 1.54) is 12.8 Å². The molecule has 1 heterocycles. The average molecular weight is 245 g/mol. The van der Waals surface area contributed by atoms with E-state index in [1.54, 1.807) is 0 Å². The van der Waals surface area contributed by atoms with Crippen LogP contribution in [0.2, 0.25) is 0 Å². The first-order chi connectivity index (χ1) is 8.72. The molecule has 1 aliphatic rings. The molecule has 1 aromatic heterocycles. The molecule has 0 unspecified atom stereocenters. The first-order valence-electron chi connectivity index (χ1n) is 6.51. The van der Waals surface area contributed by atoms with Gasteiger partial charge in [-0.1, -0.05) is 0 Å². The van der Waals surface area contributed by atoms with E-state index in [-0.39, 0.29) is 0 Å². The average Bonchev–Trinajstić information content (AvgIpc) is 3.09. The fourth-order valence-corrected chi connectivity index (χ4v) is 1.98. The highest BCUT2D eigenvalue weighted by Gasteiger charge is 2.28. The van der Waals surface area contributed by atoms with E-state index in [0.717, 1.165) is 35.8 Å². The zero-order valence-electron chi connectivity index (χ0n) is 10.9. The smallest absolute Gasteiger partial charge is 0.198 e. The second-order valence-corrected chi connectivity index (χ2v) is 5.24. The summed E-state index contributed by atoms with van der Waals surface area (Å²) >= 11 is 0. The van der Waals surface area contributed by atoms with Crippen LogP contribution in [0.5, 0.6) is 0 Å². The van der Waals surface area contributed by atoms with Crippen molar-refractivity contribution in [3.8, 4) is 0 Å². The van der Waals surface area contributed by atoms with Crippen molar-refractivity contribution < 1.29 is 4.42 Å². The lowest BCUT2D eigenvalue weighted by atomic mass is 10.3. The van der Waals surface area contributed by atoms with Gasteiger partial charge in [0.05, 0.1) is 0 Å². The van der Waals surface area contributed by atoms with E-state index in [1.807, 2.05) is 6.07 Å². The van der Waals surface area contributed by atoms with Crippen LogP contribution in [0.1, 0.15) is 24.7 Å². The normalized spacial score (nSPS) is 15.5. The highest BCUT2D eigenvalue weighted by molar-refractivity contribution is 5.77. The highest BCUT2D eigenvalue weighted by Crippen LogP contribution is 2.40. The zero-order valence-corrected chi connectivity index (χ0v) is 10.9. The molecule has 0 bridgehead atoms. The molecule has 0 atom stereocenters. The highest BCUT2D eigenvalue weighted by atomic mass is 16.3. The van der Waals surface area contributed by atoms with Crippen LogP contribution in [-0.2, 0) is 0 Å².